The minimum Gasteiger partial charge on any atom is -0.491 e. The Morgan fingerprint density at radius 1 is 0.516 bits per heavy atom. The molecule has 17 nitrogen and oxygen atoms in total. The molecule has 346 valence electrons. The number of ether oxygens (including phenoxy) is 12. The fraction of sp³-hybridized carbons (Fsp3) is 0.548. The Bertz CT molecular complexity index is 1620. The lowest BCUT2D eigenvalue weighted by Gasteiger charge is -2.13. The van der Waals surface area contributed by atoms with Crippen LogP contribution in [0.4, 0.5) is 30.2 Å². The molecule has 0 aliphatic rings. The van der Waals surface area contributed by atoms with Crippen LogP contribution < -0.4 is 10.1 Å². The zero-order valence-corrected chi connectivity index (χ0v) is 34.7. The monoisotopic (exact) mass is 886 g/mol. The van der Waals surface area contributed by atoms with Gasteiger partial charge >= 0.3 is 12.1 Å². The average Bonchev–Trinajstić information content (AvgIpc) is 3.26. The second-order valence-corrected chi connectivity index (χ2v) is 12.6. The van der Waals surface area contributed by atoms with Crippen LogP contribution >= 0.6 is 0 Å². The van der Waals surface area contributed by atoms with E-state index in [-0.39, 0.29) is 36.8 Å². The van der Waals surface area contributed by atoms with Gasteiger partial charge in [0.1, 0.15) is 19.0 Å². The number of nitro benzene ring substituents is 1. The minimum atomic E-state index is -4.49. The van der Waals surface area contributed by atoms with E-state index >= 15 is 0 Å². The van der Waals surface area contributed by atoms with Gasteiger partial charge in [-0.15, -0.1) is 0 Å². The lowest BCUT2D eigenvalue weighted by Crippen LogP contribution is -2.16. The van der Waals surface area contributed by atoms with Gasteiger partial charge in [0.15, 0.2) is 0 Å². The predicted molar refractivity (Wildman–Crippen MR) is 218 cm³/mol. The van der Waals surface area contributed by atoms with Crippen LogP contribution in [-0.4, -0.2) is 156 Å². The van der Waals surface area contributed by atoms with E-state index in [2.05, 4.69) is 5.32 Å². The number of hydrogen-bond donors (Lipinski definition) is 1. The maximum Gasteiger partial charge on any atom is 0.416 e. The van der Waals surface area contributed by atoms with E-state index in [1.54, 1.807) is 30.3 Å². The van der Waals surface area contributed by atoms with E-state index < -0.39 is 22.6 Å². The molecule has 1 N–H and O–H groups in total. The predicted octanol–water partition coefficient (Wildman–Crippen LogP) is 5.76. The first-order valence-corrected chi connectivity index (χ1v) is 20.1. The summed E-state index contributed by atoms with van der Waals surface area (Å²) in [6, 6.07) is 17.0. The van der Waals surface area contributed by atoms with E-state index in [9.17, 15) is 28.1 Å². The molecule has 0 spiro atoms. The number of rotatable bonds is 38. The number of para-hydroxylation sites is 1. The number of nitrogens with one attached hydrogen (secondary N) is 1. The molecule has 0 fully saturated rings. The van der Waals surface area contributed by atoms with Crippen molar-refractivity contribution in [3.05, 3.63) is 94.0 Å². The Balaban J connectivity index is 0.972. The first-order valence-electron chi connectivity index (χ1n) is 20.1. The normalized spacial score (nSPS) is 11.5. The third-order valence-corrected chi connectivity index (χ3v) is 7.97. The summed E-state index contributed by atoms with van der Waals surface area (Å²) >= 11 is 0. The molecule has 62 heavy (non-hydrogen) atoms. The molecule has 0 heterocycles. The van der Waals surface area contributed by atoms with Crippen molar-refractivity contribution in [2.45, 2.75) is 6.18 Å². The Kier molecular flexibility index (Phi) is 27.7. The number of hydrogen-bond acceptors (Lipinski definition) is 16. The standard InChI is InChI=1S/C42H57F3N2O15/c43-42(44,45)35-4-3-5-36(34-35)46-40-7-2-1-6-39(40)41(48)62-33-31-60-29-27-58-25-23-56-21-19-54-17-15-52-13-12-51-14-16-53-18-20-55-22-24-57-26-28-59-30-32-61-38-10-8-37(9-11-38)47(49)50/h1-11,34,46H,12-33H2. The molecule has 3 aromatic carbocycles. The molecule has 0 aliphatic carbocycles. The van der Waals surface area contributed by atoms with Gasteiger partial charge in [-0.3, -0.25) is 10.1 Å². The van der Waals surface area contributed by atoms with Gasteiger partial charge in [-0.2, -0.15) is 13.2 Å². The number of halogens is 3. The number of esters is 1. The summed E-state index contributed by atoms with van der Waals surface area (Å²) in [4.78, 5) is 22.8. The number of nitrogens with zero attached hydrogens (tertiary/aromatic N) is 1. The molecule has 0 aromatic heterocycles. The van der Waals surface area contributed by atoms with Crippen LogP contribution in [0.25, 0.3) is 0 Å². The summed E-state index contributed by atoms with van der Waals surface area (Å²) in [7, 11) is 0. The Morgan fingerprint density at radius 3 is 1.34 bits per heavy atom. The molecule has 0 amide bonds. The maximum atomic E-state index is 13.1. The van der Waals surface area contributed by atoms with Crippen molar-refractivity contribution in [1.82, 2.24) is 0 Å². The number of anilines is 2. The van der Waals surface area contributed by atoms with E-state index in [0.717, 1.165) is 12.1 Å². The van der Waals surface area contributed by atoms with Crippen molar-refractivity contribution in [2.75, 3.05) is 151 Å². The lowest BCUT2D eigenvalue weighted by molar-refractivity contribution is -0.384. The first kappa shape index (κ1) is 51.9. The molecule has 0 radical (unpaired) electrons. The van der Waals surface area contributed by atoms with Crippen molar-refractivity contribution in [1.29, 1.82) is 0 Å². The van der Waals surface area contributed by atoms with Crippen LogP contribution in [0, 0.1) is 10.1 Å². The summed E-state index contributed by atoms with van der Waals surface area (Å²) in [5.74, 6) is -0.0959. The average molecular weight is 887 g/mol. The Morgan fingerprint density at radius 2 is 0.919 bits per heavy atom. The molecule has 0 saturated carbocycles. The van der Waals surface area contributed by atoms with Gasteiger partial charge in [0.05, 0.1) is 154 Å². The van der Waals surface area contributed by atoms with Gasteiger partial charge in [-0.05, 0) is 42.5 Å². The van der Waals surface area contributed by atoms with E-state index in [0.29, 0.717) is 137 Å². The summed E-state index contributed by atoms with van der Waals surface area (Å²) in [6.45, 7) is 8.31. The topological polar surface area (TPSA) is 183 Å². The number of alkyl halides is 3. The zero-order valence-electron chi connectivity index (χ0n) is 34.7. The second kappa shape index (κ2) is 33.1. The van der Waals surface area contributed by atoms with Gasteiger partial charge in [0.2, 0.25) is 0 Å². The highest BCUT2D eigenvalue weighted by molar-refractivity contribution is 5.96. The van der Waals surface area contributed by atoms with Crippen LogP contribution in [0.5, 0.6) is 5.75 Å². The number of carbonyl (C=O) groups excluding carboxylic acids is 1. The van der Waals surface area contributed by atoms with Gasteiger partial charge in [0.25, 0.3) is 5.69 Å². The first-order chi connectivity index (χ1) is 30.2. The summed E-state index contributed by atoms with van der Waals surface area (Å²) in [5, 5.41) is 13.5. The number of non-ortho nitro benzene ring substituents is 1. The molecular weight excluding hydrogens is 829 g/mol. The third-order valence-electron chi connectivity index (χ3n) is 7.97. The van der Waals surface area contributed by atoms with Crippen LogP contribution in [0.2, 0.25) is 0 Å². The van der Waals surface area contributed by atoms with E-state index in [1.807, 2.05) is 0 Å². The van der Waals surface area contributed by atoms with E-state index in [1.165, 1.54) is 30.3 Å². The summed E-state index contributed by atoms with van der Waals surface area (Å²) < 4.78 is 105. The van der Waals surface area contributed by atoms with Crippen molar-refractivity contribution in [3.8, 4) is 5.75 Å². The highest BCUT2D eigenvalue weighted by Crippen LogP contribution is 2.32. The molecule has 0 saturated heterocycles. The second-order valence-electron chi connectivity index (χ2n) is 12.6. The molecule has 0 aliphatic heterocycles. The fourth-order valence-electron chi connectivity index (χ4n) is 4.93. The molecule has 0 bridgehead atoms. The highest BCUT2D eigenvalue weighted by atomic mass is 19.4. The Hall–Kier alpha value is -4.48. The van der Waals surface area contributed by atoms with Crippen molar-refractivity contribution in [3.63, 3.8) is 0 Å². The van der Waals surface area contributed by atoms with Gasteiger partial charge in [-0.25, -0.2) is 4.79 Å². The molecule has 20 heteroatoms. The highest BCUT2D eigenvalue weighted by Gasteiger charge is 2.30. The number of carbonyl (C=O) groups is 1. The van der Waals surface area contributed by atoms with Crippen molar-refractivity contribution in [2.24, 2.45) is 0 Å². The van der Waals surface area contributed by atoms with Crippen LogP contribution in [0.15, 0.2) is 72.8 Å². The van der Waals surface area contributed by atoms with Crippen molar-refractivity contribution >= 4 is 23.0 Å². The van der Waals surface area contributed by atoms with Gasteiger partial charge in [-0.1, -0.05) is 18.2 Å². The zero-order chi connectivity index (χ0) is 44.4. The van der Waals surface area contributed by atoms with Gasteiger partial charge < -0.3 is 62.2 Å². The summed E-state index contributed by atoms with van der Waals surface area (Å²) in [5.41, 5.74) is -0.106. The maximum absolute atomic E-state index is 13.1. The quantitative estimate of drug-likeness (QED) is 0.0317. The lowest BCUT2D eigenvalue weighted by atomic mass is 10.1. The van der Waals surface area contributed by atoms with Crippen LogP contribution in [0.1, 0.15) is 15.9 Å². The fourth-order valence-corrected chi connectivity index (χ4v) is 4.93. The summed E-state index contributed by atoms with van der Waals surface area (Å²) in [6.07, 6.45) is -4.49. The smallest absolute Gasteiger partial charge is 0.416 e. The van der Waals surface area contributed by atoms with Crippen molar-refractivity contribution < 1.29 is 79.7 Å². The SMILES string of the molecule is O=C(OCCOCCOCCOCCOCCOCCOCCOCCOCCOCCOCCOc1ccc([N+](=O)[O-])cc1)c1ccccc1Nc1cccc(C(F)(F)F)c1. The Labute approximate surface area is 359 Å². The van der Waals surface area contributed by atoms with Crippen LogP contribution in [-0.2, 0) is 58.3 Å². The minimum absolute atomic E-state index is 0.0117. The van der Waals surface area contributed by atoms with Crippen LogP contribution in [0.3, 0.4) is 0 Å². The number of nitro groups is 1. The third kappa shape index (κ3) is 24.8. The van der Waals surface area contributed by atoms with E-state index in [4.69, 9.17) is 56.8 Å². The molecule has 3 rings (SSSR count). The van der Waals surface area contributed by atoms with Gasteiger partial charge in [0, 0.05) is 17.8 Å². The number of benzene rings is 3. The molecular formula is C42H57F3N2O15. The molecule has 3 aromatic rings. The molecule has 0 unspecified atom stereocenters. The largest absolute Gasteiger partial charge is 0.491 e. The molecule has 0 atom stereocenters.